The van der Waals surface area contributed by atoms with Gasteiger partial charge in [0, 0.05) is 18.8 Å². The van der Waals surface area contributed by atoms with E-state index in [0.717, 1.165) is 12.2 Å². The first kappa shape index (κ1) is 15.8. The van der Waals surface area contributed by atoms with Crippen molar-refractivity contribution in [3.05, 3.63) is 54.1 Å². The lowest BCUT2D eigenvalue weighted by Crippen LogP contribution is -1.89. The fourth-order valence-corrected chi connectivity index (χ4v) is 2.76. The maximum absolute atomic E-state index is 4.25. The van der Waals surface area contributed by atoms with Crippen LogP contribution < -0.4 is 0 Å². The number of rotatable bonds is 11. The third-order valence-corrected chi connectivity index (χ3v) is 4.03. The fourth-order valence-electron chi connectivity index (χ4n) is 2.76. The zero-order valence-corrected chi connectivity index (χ0v) is 13.1. The molecule has 1 N–H and O–H groups in total. The van der Waals surface area contributed by atoms with Gasteiger partial charge in [-0.25, -0.2) is 4.98 Å². The molecular formula is C19H28N2. The number of aromatic nitrogens is 2. The van der Waals surface area contributed by atoms with Crippen LogP contribution in [0.15, 0.2) is 42.7 Å². The first-order valence-electron chi connectivity index (χ1n) is 8.47. The van der Waals surface area contributed by atoms with Gasteiger partial charge in [0.25, 0.3) is 0 Å². The van der Waals surface area contributed by atoms with Gasteiger partial charge >= 0.3 is 0 Å². The Hall–Kier alpha value is -1.57. The molecule has 0 aliphatic rings. The van der Waals surface area contributed by atoms with Gasteiger partial charge in [0.05, 0.1) is 0 Å². The van der Waals surface area contributed by atoms with Crippen molar-refractivity contribution in [3.8, 4) is 0 Å². The number of hydrogen-bond acceptors (Lipinski definition) is 1. The SMILES string of the molecule is c1ccc(CCCCCCCCCCc2ncc[nH]2)cc1. The van der Waals surface area contributed by atoms with E-state index in [2.05, 4.69) is 40.3 Å². The van der Waals surface area contributed by atoms with Gasteiger partial charge in [-0.2, -0.15) is 0 Å². The zero-order chi connectivity index (χ0) is 14.6. The quantitative estimate of drug-likeness (QED) is 0.556. The summed E-state index contributed by atoms with van der Waals surface area (Å²) in [5.41, 5.74) is 1.48. The Morgan fingerprint density at radius 2 is 1.33 bits per heavy atom. The molecule has 0 bridgehead atoms. The Bertz CT molecular complexity index is 448. The summed E-state index contributed by atoms with van der Waals surface area (Å²) in [6.07, 6.45) is 17.0. The first-order chi connectivity index (χ1) is 10.4. The van der Waals surface area contributed by atoms with Gasteiger partial charge in [0.2, 0.25) is 0 Å². The maximum Gasteiger partial charge on any atom is 0.105 e. The fraction of sp³-hybridized carbons (Fsp3) is 0.526. The Balaban J connectivity index is 1.35. The smallest absolute Gasteiger partial charge is 0.105 e. The molecule has 0 unspecified atom stereocenters. The van der Waals surface area contributed by atoms with Crippen LogP contribution in [0.25, 0.3) is 0 Å². The predicted octanol–water partition coefficient (Wildman–Crippen LogP) is 5.32. The van der Waals surface area contributed by atoms with Crippen molar-refractivity contribution >= 4 is 0 Å². The summed E-state index contributed by atoms with van der Waals surface area (Å²) in [5, 5.41) is 0. The summed E-state index contributed by atoms with van der Waals surface area (Å²) >= 11 is 0. The molecule has 1 heterocycles. The minimum absolute atomic E-state index is 1.10. The molecule has 0 spiro atoms. The number of nitrogens with zero attached hydrogens (tertiary/aromatic N) is 1. The van der Waals surface area contributed by atoms with Gasteiger partial charge in [-0.15, -0.1) is 0 Å². The molecule has 0 aliphatic heterocycles. The van der Waals surface area contributed by atoms with E-state index in [1.54, 1.807) is 0 Å². The second kappa shape index (κ2) is 10.2. The van der Waals surface area contributed by atoms with Crippen molar-refractivity contribution in [1.82, 2.24) is 9.97 Å². The number of aromatic amines is 1. The van der Waals surface area contributed by atoms with Crippen LogP contribution in [0.5, 0.6) is 0 Å². The van der Waals surface area contributed by atoms with E-state index < -0.39 is 0 Å². The summed E-state index contributed by atoms with van der Waals surface area (Å²) in [4.78, 5) is 7.42. The molecular weight excluding hydrogens is 256 g/mol. The molecule has 114 valence electrons. The van der Waals surface area contributed by atoms with Crippen LogP contribution in [0.1, 0.15) is 62.8 Å². The summed E-state index contributed by atoms with van der Waals surface area (Å²) in [7, 11) is 0. The second-order valence-corrected chi connectivity index (χ2v) is 5.85. The molecule has 0 saturated heterocycles. The summed E-state index contributed by atoms with van der Waals surface area (Å²) in [5.74, 6) is 1.14. The average Bonchev–Trinajstić information content (AvgIpc) is 3.03. The molecule has 2 aromatic rings. The van der Waals surface area contributed by atoms with E-state index >= 15 is 0 Å². The molecule has 0 atom stereocenters. The van der Waals surface area contributed by atoms with Crippen molar-refractivity contribution < 1.29 is 0 Å². The van der Waals surface area contributed by atoms with E-state index in [4.69, 9.17) is 0 Å². The third kappa shape index (κ3) is 7.12. The van der Waals surface area contributed by atoms with Crippen LogP contribution >= 0.6 is 0 Å². The van der Waals surface area contributed by atoms with Crippen LogP contribution in [0, 0.1) is 0 Å². The van der Waals surface area contributed by atoms with E-state index in [9.17, 15) is 0 Å². The number of nitrogens with one attached hydrogen (secondary N) is 1. The number of unbranched alkanes of at least 4 members (excludes halogenated alkanes) is 7. The standard InChI is InChI=1S/C19H28N2/c1(2-4-6-11-15-19-20-16-17-21-19)3-5-8-12-18-13-9-7-10-14-18/h7,9-10,13-14,16-17H,1-6,8,11-12,15H2,(H,20,21). The van der Waals surface area contributed by atoms with Crippen LogP contribution in [-0.4, -0.2) is 9.97 Å². The minimum Gasteiger partial charge on any atom is -0.349 e. The number of benzene rings is 1. The van der Waals surface area contributed by atoms with Crippen LogP contribution in [0.3, 0.4) is 0 Å². The highest BCUT2D eigenvalue weighted by atomic mass is 14.9. The lowest BCUT2D eigenvalue weighted by molar-refractivity contribution is 0.565. The van der Waals surface area contributed by atoms with Gasteiger partial charge in [0.1, 0.15) is 5.82 Å². The summed E-state index contributed by atoms with van der Waals surface area (Å²) < 4.78 is 0. The molecule has 2 rings (SSSR count). The lowest BCUT2D eigenvalue weighted by atomic mass is 10.0. The Morgan fingerprint density at radius 1 is 0.714 bits per heavy atom. The van der Waals surface area contributed by atoms with Crippen molar-refractivity contribution in [1.29, 1.82) is 0 Å². The first-order valence-corrected chi connectivity index (χ1v) is 8.47. The molecule has 0 fully saturated rings. The van der Waals surface area contributed by atoms with E-state index in [-0.39, 0.29) is 0 Å². The minimum atomic E-state index is 1.10. The number of H-pyrrole nitrogens is 1. The van der Waals surface area contributed by atoms with Crippen molar-refractivity contribution in [2.75, 3.05) is 0 Å². The summed E-state index contributed by atoms with van der Waals surface area (Å²) in [6, 6.07) is 10.8. The van der Waals surface area contributed by atoms with Gasteiger partial charge in [-0.05, 0) is 24.8 Å². The number of imidazole rings is 1. The Kier molecular flexibility index (Phi) is 7.68. The molecule has 2 nitrogen and oxygen atoms in total. The van der Waals surface area contributed by atoms with Crippen LogP contribution in [0.2, 0.25) is 0 Å². The van der Waals surface area contributed by atoms with Gasteiger partial charge in [-0.3, -0.25) is 0 Å². The highest BCUT2D eigenvalue weighted by Gasteiger charge is 1.96. The molecule has 0 aliphatic carbocycles. The molecule has 1 aromatic heterocycles. The molecule has 0 radical (unpaired) electrons. The highest BCUT2D eigenvalue weighted by Crippen LogP contribution is 2.12. The maximum atomic E-state index is 4.25. The monoisotopic (exact) mass is 284 g/mol. The molecule has 2 heteroatoms. The van der Waals surface area contributed by atoms with E-state index in [1.165, 1.54) is 63.4 Å². The third-order valence-electron chi connectivity index (χ3n) is 4.03. The van der Waals surface area contributed by atoms with E-state index in [0.29, 0.717) is 0 Å². The molecule has 0 saturated carbocycles. The average molecular weight is 284 g/mol. The van der Waals surface area contributed by atoms with E-state index in [1.807, 2.05) is 12.4 Å². The Labute approximate surface area is 129 Å². The largest absolute Gasteiger partial charge is 0.349 e. The van der Waals surface area contributed by atoms with Gasteiger partial charge in [-0.1, -0.05) is 68.9 Å². The van der Waals surface area contributed by atoms with Crippen molar-refractivity contribution in [3.63, 3.8) is 0 Å². The second-order valence-electron chi connectivity index (χ2n) is 5.85. The van der Waals surface area contributed by atoms with Crippen molar-refractivity contribution in [2.24, 2.45) is 0 Å². The predicted molar refractivity (Wildman–Crippen MR) is 89.4 cm³/mol. The summed E-state index contributed by atoms with van der Waals surface area (Å²) in [6.45, 7) is 0. The van der Waals surface area contributed by atoms with Crippen molar-refractivity contribution in [2.45, 2.75) is 64.2 Å². The topological polar surface area (TPSA) is 28.7 Å². The molecule has 0 amide bonds. The molecule has 21 heavy (non-hydrogen) atoms. The van der Waals surface area contributed by atoms with Crippen LogP contribution in [-0.2, 0) is 12.8 Å². The number of aryl methyl sites for hydroxylation is 2. The highest BCUT2D eigenvalue weighted by molar-refractivity contribution is 5.14. The van der Waals surface area contributed by atoms with Gasteiger partial charge in [0.15, 0.2) is 0 Å². The Morgan fingerprint density at radius 3 is 1.95 bits per heavy atom. The van der Waals surface area contributed by atoms with Gasteiger partial charge < -0.3 is 4.98 Å². The zero-order valence-electron chi connectivity index (χ0n) is 13.1. The normalized spacial score (nSPS) is 10.9. The van der Waals surface area contributed by atoms with Crippen LogP contribution in [0.4, 0.5) is 0 Å². The number of hydrogen-bond donors (Lipinski definition) is 1. The molecule has 1 aromatic carbocycles. The lowest BCUT2D eigenvalue weighted by Gasteiger charge is -2.03.